The van der Waals surface area contributed by atoms with Crippen LogP contribution in [0.15, 0.2) is 24.3 Å². The molecule has 0 amide bonds. The first kappa shape index (κ1) is 13.3. The van der Waals surface area contributed by atoms with E-state index >= 15 is 0 Å². The molecular formula is C6H5CuNO5P-. The van der Waals surface area contributed by atoms with E-state index in [4.69, 9.17) is 5.21 Å². The van der Waals surface area contributed by atoms with Crippen LogP contribution < -0.4 is 15.1 Å². The fraction of sp³-hybridized carbons (Fsp3) is 0. The average Bonchev–Trinajstić information content (AvgIpc) is 2.03. The second-order valence-corrected chi connectivity index (χ2v) is 3.80. The van der Waals surface area contributed by atoms with Crippen molar-refractivity contribution in [1.82, 2.24) is 0 Å². The molecule has 0 heterocycles. The summed E-state index contributed by atoms with van der Waals surface area (Å²) in [6.07, 6.45) is 0. The first-order valence-corrected chi connectivity index (χ1v) is 4.74. The molecule has 1 aromatic rings. The normalized spacial score (nSPS) is 10.4. The molecule has 8 heteroatoms. The maximum absolute atomic E-state index is 10.5. The third-order valence-electron chi connectivity index (χ3n) is 1.37. The molecule has 6 nitrogen and oxygen atoms in total. The van der Waals surface area contributed by atoms with Gasteiger partial charge in [0.1, 0.15) is 0 Å². The van der Waals surface area contributed by atoms with Crippen molar-refractivity contribution in [2.45, 2.75) is 0 Å². The van der Waals surface area contributed by atoms with Gasteiger partial charge in [-0.05, 0) is 12.9 Å². The van der Waals surface area contributed by atoms with Gasteiger partial charge in [-0.3, -0.25) is 0 Å². The second-order valence-electron chi connectivity index (χ2n) is 2.29. The van der Waals surface area contributed by atoms with E-state index in [-0.39, 0.29) is 22.8 Å². The fourth-order valence-electron chi connectivity index (χ4n) is 0.782. The van der Waals surface area contributed by atoms with Crippen LogP contribution in [0.3, 0.4) is 0 Å². The summed E-state index contributed by atoms with van der Waals surface area (Å²) in [4.78, 5) is 30.7. The van der Waals surface area contributed by atoms with Crippen LogP contribution in [-0.4, -0.2) is 10.1 Å². The second kappa shape index (κ2) is 4.68. The Bertz CT molecular complexity index is 390. The predicted molar refractivity (Wildman–Crippen MR) is 38.8 cm³/mol. The van der Waals surface area contributed by atoms with Crippen LogP contribution in [0.4, 0.5) is 5.69 Å². The summed E-state index contributed by atoms with van der Waals surface area (Å²) in [5.41, 5.74) is -0.301. The Kier molecular flexibility index (Phi) is 4.44. The molecule has 81 valence electrons. The van der Waals surface area contributed by atoms with Gasteiger partial charge in [0.05, 0.1) is 4.91 Å². The van der Waals surface area contributed by atoms with Crippen LogP contribution in [-0.2, 0) is 21.6 Å². The minimum absolute atomic E-state index is 0. The molecule has 0 aromatic heterocycles. The summed E-state index contributed by atoms with van der Waals surface area (Å²) < 4.78 is 10.5. The molecule has 1 radical (unpaired) electrons. The molecule has 0 bridgehead atoms. The Morgan fingerprint density at radius 2 is 1.93 bits per heavy atom. The molecule has 14 heavy (non-hydrogen) atoms. The number of hydrogen-bond acceptors (Lipinski definition) is 4. The van der Waals surface area contributed by atoms with E-state index in [9.17, 15) is 19.3 Å². The van der Waals surface area contributed by atoms with Crippen LogP contribution in [0.25, 0.3) is 0 Å². The molecule has 1 rings (SSSR count). The summed E-state index contributed by atoms with van der Waals surface area (Å²) in [7, 11) is -4.86. The van der Waals surface area contributed by atoms with Crippen LogP contribution in [0.2, 0.25) is 0 Å². The first-order chi connectivity index (χ1) is 5.91. The third-order valence-corrected chi connectivity index (χ3v) is 2.28. The number of rotatable bonds is 2. The van der Waals surface area contributed by atoms with Gasteiger partial charge in [-0.25, -0.2) is 5.21 Å². The molecular weight excluding hydrogens is 261 g/mol. The topological polar surface area (TPSA) is 104 Å². The summed E-state index contributed by atoms with van der Waals surface area (Å²) in [5, 5.41) is 7.87. The summed E-state index contributed by atoms with van der Waals surface area (Å²) in [5.74, 6) is 0. The van der Waals surface area contributed by atoms with Gasteiger partial charge in [-0.1, -0.05) is 12.1 Å². The monoisotopic (exact) mass is 265 g/mol. The van der Waals surface area contributed by atoms with E-state index in [1.54, 1.807) is 0 Å². The molecule has 0 aliphatic carbocycles. The smallest absolute Gasteiger partial charge is 0.317 e. The van der Waals surface area contributed by atoms with Crippen LogP contribution >= 0.6 is 7.60 Å². The Morgan fingerprint density at radius 3 is 2.36 bits per heavy atom. The maximum atomic E-state index is 10.5. The van der Waals surface area contributed by atoms with Crippen molar-refractivity contribution in [3.8, 4) is 0 Å². The van der Waals surface area contributed by atoms with Gasteiger partial charge in [0.25, 0.3) is 4.92 Å². The summed E-state index contributed by atoms with van der Waals surface area (Å²) >= 11 is 0. The van der Waals surface area contributed by atoms with E-state index in [0.29, 0.717) is 0 Å². The molecule has 0 saturated heterocycles. The maximum Gasteiger partial charge on any atom is 0.317 e. The average molecular weight is 266 g/mol. The number of hydrogen-bond donors (Lipinski definition) is 1. The number of nitrogens with zero attached hydrogens (tertiary/aromatic N) is 1. The van der Waals surface area contributed by atoms with Crippen LogP contribution in [0.5, 0.6) is 0 Å². The van der Waals surface area contributed by atoms with Gasteiger partial charge in [0.15, 0.2) is 0 Å². The zero-order valence-electron chi connectivity index (χ0n) is 6.59. The molecule has 0 spiro atoms. The van der Waals surface area contributed by atoms with Crippen molar-refractivity contribution >= 4 is 18.6 Å². The van der Waals surface area contributed by atoms with Crippen molar-refractivity contribution in [3.63, 3.8) is 0 Å². The molecule has 1 aromatic carbocycles. The quantitative estimate of drug-likeness (QED) is 0.421. The molecule has 0 atom stereocenters. The van der Waals surface area contributed by atoms with E-state index in [1.165, 1.54) is 12.1 Å². The third kappa shape index (κ3) is 3.21. The van der Waals surface area contributed by atoms with E-state index < -0.39 is 17.8 Å². The SMILES string of the molecule is O=[N+](O)c1cccc(P(=O)([O-])[O-])c1.[Cu]. The van der Waals surface area contributed by atoms with Crippen molar-refractivity contribution in [3.05, 3.63) is 29.2 Å². The molecule has 0 aliphatic heterocycles. The van der Waals surface area contributed by atoms with Gasteiger partial charge in [-0.2, -0.15) is 0 Å². The van der Waals surface area contributed by atoms with Gasteiger partial charge in [0.2, 0.25) is 0 Å². The zero-order valence-corrected chi connectivity index (χ0v) is 8.42. The van der Waals surface area contributed by atoms with E-state index in [2.05, 4.69) is 0 Å². The molecule has 1 N–H and O–H groups in total. The van der Waals surface area contributed by atoms with Gasteiger partial charge < -0.3 is 14.4 Å². The van der Waals surface area contributed by atoms with E-state index in [1.807, 2.05) is 0 Å². The Hall–Kier alpha value is -0.711. The van der Waals surface area contributed by atoms with Crippen molar-refractivity contribution in [2.75, 3.05) is 0 Å². The minimum Gasteiger partial charge on any atom is -0.807 e. The molecule has 0 fully saturated rings. The van der Waals surface area contributed by atoms with Crippen molar-refractivity contribution < 1.29 is 41.6 Å². The van der Waals surface area contributed by atoms with Crippen molar-refractivity contribution in [2.24, 2.45) is 0 Å². The first-order valence-electron chi connectivity index (χ1n) is 3.20. The summed E-state index contributed by atoms with van der Waals surface area (Å²) in [6.45, 7) is 0. The Balaban J connectivity index is 0.00000169. The minimum atomic E-state index is -4.86. The van der Waals surface area contributed by atoms with Gasteiger partial charge in [0, 0.05) is 29.2 Å². The summed E-state index contributed by atoms with van der Waals surface area (Å²) in [6, 6.07) is 4.21. The fourth-order valence-corrected chi connectivity index (χ4v) is 1.34. The Morgan fingerprint density at radius 1 is 1.36 bits per heavy atom. The molecule has 0 saturated carbocycles. The van der Waals surface area contributed by atoms with Gasteiger partial charge >= 0.3 is 5.69 Å². The van der Waals surface area contributed by atoms with Gasteiger partial charge in [-0.15, -0.1) is 0 Å². The number of benzene rings is 1. The van der Waals surface area contributed by atoms with Crippen LogP contribution in [0.1, 0.15) is 0 Å². The Labute approximate surface area is 89.7 Å². The van der Waals surface area contributed by atoms with Crippen molar-refractivity contribution in [1.29, 1.82) is 0 Å². The van der Waals surface area contributed by atoms with Crippen LogP contribution in [0, 0.1) is 4.91 Å². The molecule has 0 unspecified atom stereocenters. The zero-order chi connectivity index (χ0) is 10.1. The van der Waals surface area contributed by atoms with E-state index in [0.717, 1.165) is 12.1 Å². The molecule has 0 aliphatic rings. The largest absolute Gasteiger partial charge is 0.807 e. The standard InChI is InChI=1S/C6H6NO5P.Cu/c8-7(9)5-2-1-3-6(4-5)13(10,11)12;/h1-4H,(H2-,8,9,10,11,12);/p-1. The predicted octanol–water partition coefficient (Wildman–Crippen LogP) is -0.977.